The number of benzene rings is 2. The van der Waals surface area contributed by atoms with Crippen LogP contribution in [0.3, 0.4) is 0 Å². The van der Waals surface area contributed by atoms with Crippen LogP contribution in [0.1, 0.15) is 12.5 Å². The van der Waals surface area contributed by atoms with E-state index in [9.17, 15) is 22.9 Å². The number of halogens is 1. The van der Waals surface area contributed by atoms with Crippen molar-refractivity contribution in [2.45, 2.75) is 25.3 Å². The van der Waals surface area contributed by atoms with Gasteiger partial charge in [-0.3, -0.25) is 13.9 Å². The van der Waals surface area contributed by atoms with E-state index in [2.05, 4.69) is 35.8 Å². The van der Waals surface area contributed by atoms with Crippen molar-refractivity contribution in [2.75, 3.05) is 10.6 Å². The molecule has 4 aromatic rings. The Balaban J connectivity index is 1.70. The molecule has 0 aliphatic carbocycles. The minimum Gasteiger partial charge on any atom is -0.493 e. The van der Waals surface area contributed by atoms with Gasteiger partial charge in [0.2, 0.25) is 23.1 Å². The van der Waals surface area contributed by atoms with Crippen LogP contribution in [-0.2, 0) is 16.7 Å². The summed E-state index contributed by atoms with van der Waals surface area (Å²) >= 11 is 6.05. The van der Waals surface area contributed by atoms with Crippen LogP contribution in [0.2, 0.25) is 5.28 Å². The third-order valence-electron chi connectivity index (χ3n) is 5.15. The zero-order valence-electron chi connectivity index (χ0n) is 20.0. The summed E-state index contributed by atoms with van der Waals surface area (Å²) in [6.45, 7) is 3.39. The maximum Gasteiger partial charge on any atom is 0.296 e. The van der Waals surface area contributed by atoms with E-state index < -0.39 is 26.5 Å². The number of azo groups is 1. The van der Waals surface area contributed by atoms with Gasteiger partial charge >= 0.3 is 0 Å². The Morgan fingerprint density at radius 1 is 0.974 bits per heavy atom. The van der Waals surface area contributed by atoms with Gasteiger partial charge in [0.1, 0.15) is 16.3 Å². The molecule has 0 atom stereocenters. The summed E-state index contributed by atoms with van der Waals surface area (Å²) in [6, 6.07) is 14.1. The lowest BCUT2D eigenvalue weighted by molar-refractivity contribution is 0.412. The molecule has 2 heterocycles. The summed E-state index contributed by atoms with van der Waals surface area (Å²) in [4.78, 5) is 23.8. The number of aromatic nitrogens is 4. The first-order valence-electron chi connectivity index (χ1n) is 11.0. The van der Waals surface area contributed by atoms with Crippen LogP contribution in [0, 0.1) is 6.92 Å². The van der Waals surface area contributed by atoms with E-state index in [0.29, 0.717) is 11.3 Å². The van der Waals surface area contributed by atoms with Crippen LogP contribution < -0.4 is 16.2 Å². The number of nitrogens with zero attached hydrogens (tertiary/aromatic N) is 6. The van der Waals surface area contributed by atoms with E-state index in [4.69, 9.17) is 11.6 Å². The van der Waals surface area contributed by atoms with E-state index in [-0.39, 0.29) is 40.8 Å². The van der Waals surface area contributed by atoms with Gasteiger partial charge in [-0.05, 0) is 61.3 Å². The maximum absolute atomic E-state index is 12.1. The highest BCUT2D eigenvalue weighted by Gasteiger charge is 2.18. The summed E-state index contributed by atoms with van der Waals surface area (Å²) in [5, 5.41) is 24.1. The van der Waals surface area contributed by atoms with Crippen LogP contribution in [0.5, 0.6) is 5.88 Å². The zero-order valence-corrected chi connectivity index (χ0v) is 21.6. The van der Waals surface area contributed by atoms with E-state index in [1.165, 1.54) is 18.2 Å². The molecule has 2 aromatic carbocycles. The topological polar surface area (TPSA) is 184 Å². The summed E-state index contributed by atoms with van der Waals surface area (Å²) in [6.07, 6.45) is 0. The zero-order chi connectivity index (χ0) is 27.4. The molecule has 0 spiro atoms. The largest absolute Gasteiger partial charge is 0.493 e. The van der Waals surface area contributed by atoms with Crippen LogP contribution >= 0.6 is 11.6 Å². The maximum atomic E-state index is 12.1. The highest BCUT2D eigenvalue weighted by Crippen LogP contribution is 2.34. The average Bonchev–Trinajstić information content (AvgIpc) is 2.83. The molecule has 13 nitrogen and oxygen atoms in total. The highest BCUT2D eigenvalue weighted by molar-refractivity contribution is 7.86. The molecule has 0 fully saturated rings. The van der Waals surface area contributed by atoms with Crippen molar-refractivity contribution in [3.05, 3.63) is 75.8 Å². The number of pyridine rings is 1. The van der Waals surface area contributed by atoms with Gasteiger partial charge in [-0.25, -0.2) is 0 Å². The lowest BCUT2D eigenvalue weighted by Crippen LogP contribution is -2.18. The van der Waals surface area contributed by atoms with E-state index in [1.807, 2.05) is 30.3 Å². The standard InChI is InChI=1S/C23H21ClN8O5S/c1-3-32-18(33)11-13(2)19(20(32)34)31-30-16-12-15(9-10-17(16)38(35,36)37)26-23-28-21(24)27-22(29-23)25-14-7-5-4-6-8-14/h4-12,34H,3H2,1-2H3,(H,35,36,37)(H2,25,26,27,28,29). The second-order valence-corrected chi connectivity index (χ2v) is 9.54. The number of para-hydroxylation sites is 1. The van der Waals surface area contributed by atoms with Crippen molar-refractivity contribution in [3.63, 3.8) is 0 Å². The van der Waals surface area contributed by atoms with Crippen molar-refractivity contribution < 1.29 is 18.1 Å². The number of anilines is 4. The SMILES string of the molecule is CCn1c(O)c(N=Nc2cc(Nc3nc(Cl)nc(Nc4ccccc4)n3)ccc2S(=O)(=O)O)c(C)cc1=O. The Morgan fingerprint density at radius 2 is 1.63 bits per heavy atom. The normalized spacial score (nSPS) is 11.6. The van der Waals surface area contributed by atoms with Gasteiger partial charge in [0.15, 0.2) is 0 Å². The smallest absolute Gasteiger partial charge is 0.296 e. The molecule has 0 unspecified atom stereocenters. The Morgan fingerprint density at radius 3 is 2.26 bits per heavy atom. The van der Waals surface area contributed by atoms with Crippen molar-refractivity contribution in [1.82, 2.24) is 19.5 Å². The summed E-state index contributed by atoms with van der Waals surface area (Å²) < 4.78 is 34.7. The fraction of sp³-hybridized carbons (Fsp3) is 0.130. The van der Waals surface area contributed by atoms with E-state index >= 15 is 0 Å². The number of rotatable bonds is 8. The Hall–Kier alpha value is -4.40. The minimum absolute atomic E-state index is 0.0352. The lowest BCUT2D eigenvalue weighted by Gasteiger charge is -2.11. The van der Waals surface area contributed by atoms with Gasteiger partial charge in [-0.1, -0.05) is 18.2 Å². The predicted octanol–water partition coefficient (Wildman–Crippen LogP) is 4.87. The summed E-state index contributed by atoms with van der Waals surface area (Å²) in [5.41, 5.74) is 0.596. The molecular weight excluding hydrogens is 536 g/mol. The second-order valence-electron chi connectivity index (χ2n) is 7.81. The molecule has 0 saturated heterocycles. The van der Waals surface area contributed by atoms with E-state index in [0.717, 1.165) is 10.6 Å². The van der Waals surface area contributed by atoms with Gasteiger partial charge in [-0.15, -0.1) is 10.2 Å². The molecule has 0 saturated carbocycles. The number of hydrogen-bond donors (Lipinski definition) is 4. The fourth-order valence-electron chi connectivity index (χ4n) is 3.41. The minimum atomic E-state index is -4.69. The van der Waals surface area contributed by atoms with Crippen LogP contribution in [0.15, 0.2) is 74.5 Å². The Bertz CT molecular complexity index is 1690. The first-order chi connectivity index (χ1) is 18.0. The van der Waals surface area contributed by atoms with Crippen molar-refractivity contribution in [1.29, 1.82) is 0 Å². The first kappa shape index (κ1) is 26.7. The molecule has 15 heteroatoms. The first-order valence-corrected chi connectivity index (χ1v) is 12.8. The van der Waals surface area contributed by atoms with Crippen molar-refractivity contribution in [2.24, 2.45) is 10.2 Å². The average molecular weight is 557 g/mol. The third kappa shape index (κ3) is 6.11. The molecule has 0 aliphatic rings. The molecular formula is C23H21ClN8O5S. The quantitative estimate of drug-likeness (QED) is 0.172. The molecule has 0 bridgehead atoms. The van der Waals surface area contributed by atoms with Crippen molar-refractivity contribution >= 4 is 56.4 Å². The fourth-order valence-corrected chi connectivity index (χ4v) is 4.17. The van der Waals surface area contributed by atoms with Crippen LogP contribution in [0.4, 0.5) is 34.6 Å². The van der Waals surface area contributed by atoms with Crippen molar-refractivity contribution in [3.8, 4) is 5.88 Å². The van der Waals surface area contributed by atoms with Gasteiger partial charge < -0.3 is 15.7 Å². The summed E-state index contributed by atoms with van der Waals surface area (Å²) in [5.74, 6) is -0.234. The molecule has 0 aliphatic heterocycles. The number of aromatic hydroxyl groups is 1. The molecule has 2 aromatic heterocycles. The second kappa shape index (κ2) is 10.9. The Kier molecular flexibility index (Phi) is 7.66. The molecule has 196 valence electrons. The number of hydrogen-bond acceptors (Lipinski definition) is 11. The molecule has 4 rings (SSSR count). The molecule has 0 amide bonds. The molecule has 0 radical (unpaired) electrons. The van der Waals surface area contributed by atoms with E-state index in [1.54, 1.807) is 13.8 Å². The predicted molar refractivity (Wildman–Crippen MR) is 141 cm³/mol. The number of nitrogens with one attached hydrogen (secondary N) is 2. The van der Waals surface area contributed by atoms with Crippen LogP contribution in [-0.4, -0.2) is 37.6 Å². The van der Waals surface area contributed by atoms with Gasteiger partial charge in [0.25, 0.3) is 15.7 Å². The van der Waals surface area contributed by atoms with Gasteiger partial charge in [0.05, 0.1) is 0 Å². The molecule has 4 N–H and O–H groups in total. The monoisotopic (exact) mass is 556 g/mol. The van der Waals surface area contributed by atoms with Gasteiger partial charge in [-0.2, -0.15) is 23.4 Å². The van der Waals surface area contributed by atoms with Gasteiger partial charge in [0, 0.05) is 24.0 Å². The highest BCUT2D eigenvalue weighted by atomic mass is 35.5. The Labute approximate surface area is 221 Å². The molecule has 38 heavy (non-hydrogen) atoms. The van der Waals surface area contributed by atoms with Crippen LogP contribution in [0.25, 0.3) is 0 Å². The number of aryl methyl sites for hydroxylation is 1. The summed E-state index contributed by atoms with van der Waals surface area (Å²) in [7, 11) is -4.69. The third-order valence-corrected chi connectivity index (χ3v) is 6.22. The lowest BCUT2D eigenvalue weighted by atomic mass is 10.2.